The van der Waals surface area contributed by atoms with Crippen LogP contribution < -0.4 is 0 Å². The maximum absolute atomic E-state index is 13.7. The summed E-state index contributed by atoms with van der Waals surface area (Å²) in [4.78, 5) is 15.4. The highest BCUT2D eigenvalue weighted by Gasteiger charge is 2.64. The van der Waals surface area contributed by atoms with Crippen molar-refractivity contribution in [1.82, 2.24) is 0 Å². The second-order valence-corrected chi connectivity index (χ2v) is 7.43. The Morgan fingerprint density at radius 1 is 1.25 bits per heavy atom. The van der Waals surface area contributed by atoms with Gasteiger partial charge in [0.15, 0.2) is 0 Å². The number of carbonyl (C=O) groups excluding carboxylic acids is 1. The van der Waals surface area contributed by atoms with E-state index in [2.05, 4.69) is 16.8 Å². The Morgan fingerprint density at radius 2 is 1.86 bits per heavy atom. The van der Waals surface area contributed by atoms with Crippen molar-refractivity contribution in [2.75, 3.05) is 0 Å². The van der Waals surface area contributed by atoms with Crippen LogP contribution in [0.5, 0.6) is 0 Å². The Hall–Kier alpha value is -2.37. The third-order valence-electron chi connectivity index (χ3n) is 3.84. The Morgan fingerprint density at radius 3 is 2.39 bits per heavy atom. The third-order valence-corrected chi connectivity index (χ3v) is 3.84. The summed E-state index contributed by atoms with van der Waals surface area (Å²) in [6.07, 6.45) is -6.39. The number of halogens is 3. The van der Waals surface area contributed by atoms with Crippen molar-refractivity contribution in [3.05, 3.63) is 35.9 Å². The van der Waals surface area contributed by atoms with Crippen LogP contribution >= 0.6 is 0 Å². The number of hydrogen-bond donors (Lipinski definition) is 1. The number of benzene rings is 1. The summed E-state index contributed by atoms with van der Waals surface area (Å²) in [7, 11) is 0. The summed E-state index contributed by atoms with van der Waals surface area (Å²) >= 11 is 0. The number of alkyl halides is 3. The van der Waals surface area contributed by atoms with E-state index >= 15 is 0 Å². The first kappa shape index (κ1) is 21.9. The summed E-state index contributed by atoms with van der Waals surface area (Å²) in [6.45, 7) is 6.02. The van der Waals surface area contributed by atoms with Gasteiger partial charge >= 0.3 is 12.1 Å². The van der Waals surface area contributed by atoms with Crippen LogP contribution in [-0.2, 0) is 14.3 Å². The van der Waals surface area contributed by atoms with E-state index in [0.29, 0.717) is 5.56 Å². The summed E-state index contributed by atoms with van der Waals surface area (Å²) in [6, 6.07) is 8.43. The molecule has 0 spiro atoms. The highest BCUT2D eigenvalue weighted by atomic mass is 19.4. The van der Waals surface area contributed by atoms with E-state index < -0.39 is 42.1 Å². The van der Waals surface area contributed by atoms with E-state index in [-0.39, 0.29) is 5.71 Å². The quantitative estimate of drug-likeness (QED) is 0.625. The molecule has 2 unspecified atom stereocenters. The van der Waals surface area contributed by atoms with E-state index in [9.17, 15) is 23.1 Å². The van der Waals surface area contributed by atoms with Crippen LogP contribution in [0.1, 0.15) is 46.1 Å². The number of esters is 1. The molecular formula is C20H22F3NO4. The van der Waals surface area contributed by atoms with E-state index in [4.69, 9.17) is 9.47 Å². The predicted octanol–water partition coefficient (Wildman–Crippen LogP) is 3.60. The first-order chi connectivity index (χ1) is 12.8. The third kappa shape index (κ3) is 5.12. The fraction of sp³-hybridized carbons (Fsp3) is 0.500. The van der Waals surface area contributed by atoms with E-state index in [1.807, 2.05) is 0 Å². The van der Waals surface area contributed by atoms with Crippen molar-refractivity contribution in [2.24, 2.45) is 4.99 Å². The largest absolute Gasteiger partial charge is 0.460 e. The maximum atomic E-state index is 13.7. The lowest BCUT2D eigenvalue weighted by Crippen LogP contribution is -2.48. The van der Waals surface area contributed by atoms with Crippen LogP contribution in [0, 0.1) is 11.8 Å². The minimum absolute atomic E-state index is 0.336. The molecule has 8 heteroatoms. The monoisotopic (exact) mass is 397 g/mol. The van der Waals surface area contributed by atoms with Crippen LogP contribution in [-0.4, -0.2) is 40.1 Å². The first-order valence-corrected chi connectivity index (χ1v) is 8.63. The van der Waals surface area contributed by atoms with Gasteiger partial charge in [-0.15, -0.1) is 0 Å². The Bertz CT molecular complexity index is 818. The van der Waals surface area contributed by atoms with Crippen molar-refractivity contribution in [1.29, 1.82) is 0 Å². The van der Waals surface area contributed by atoms with Crippen molar-refractivity contribution >= 4 is 11.7 Å². The van der Waals surface area contributed by atoms with Gasteiger partial charge in [-0.05, 0) is 45.7 Å². The normalized spacial score (nSPS) is 24.9. The average molecular weight is 397 g/mol. The lowest BCUT2D eigenvalue weighted by molar-refractivity contribution is -0.308. The molecule has 1 aliphatic heterocycles. The smallest absolute Gasteiger partial charge is 0.438 e. The molecule has 0 aromatic heterocycles. The predicted molar refractivity (Wildman–Crippen MR) is 96.3 cm³/mol. The molecule has 1 N–H and O–H groups in total. The number of nitrogens with zero attached hydrogens (tertiary/aromatic N) is 1. The van der Waals surface area contributed by atoms with Crippen LogP contribution in [0.15, 0.2) is 35.3 Å². The van der Waals surface area contributed by atoms with Crippen LogP contribution in [0.3, 0.4) is 0 Å². The van der Waals surface area contributed by atoms with Gasteiger partial charge in [0, 0.05) is 12.0 Å². The summed E-state index contributed by atoms with van der Waals surface area (Å²) in [5, 5.41) is 10.5. The molecular weight excluding hydrogens is 375 g/mol. The van der Waals surface area contributed by atoms with Crippen molar-refractivity contribution < 1.29 is 32.5 Å². The van der Waals surface area contributed by atoms with E-state index in [1.165, 1.54) is 6.92 Å². The molecule has 0 radical (unpaired) electrons. The zero-order valence-electron chi connectivity index (χ0n) is 16.1. The first-order valence-electron chi connectivity index (χ1n) is 8.63. The van der Waals surface area contributed by atoms with Gasteiger partial charge in [0.25, 0.3) is 11.5 Å². The maximum Gasteiger partial charge on any atom is 0.438 e. The van der Waals surface area contributed by atoms with Gasteiger partial charge in [-0.25, -0.2) is 4.99 Å². The van der Waals surface area contributed by atoms with Crippen molar-refractivity contribution in [2.45, 2.75) is 63.8 Å². The molecule has 0 saturated carbocycles. The molecule has 1 aromatic carbocycles. The fourth-order valence-electron chi connectivity index (χ4n) is 2.52. The SMILES string of the molecule is CC1=NC(CCC(=O)OC(C)(C)C)(C(F)(F)F)OC1(O)C#Cc1ccccc1. The molecule has 2 atom stereocenters. The van der Waals surface area contributed by atoms with Crippen molar-refractivity contribution in [3.63, 3.8) is 0 Å². The molecule has 0 fully saturated rings. The summed E-state index contributed by atoms with van der Waals surface area (Å²) in [5.41, 5.74) is -3.75. The number of hydrogen-bond acceptors (Lipinski definition) is 5. The van der Waals surface area contributed by atoms with Gasteiger partial charge in [0.1, 0.15) is 5.60 Å². The van der Waals surface area contributed by atoms with Crippen LogP contribution in [0.25, 0.3) is 0 Å². The molecule has 1 aromatic rings. The molecule has 28 heavy (non-hydrogen) atoms. The number of carbonyl (C=O) groups is 1. The van der Waals surface area contributed by atoms with Gasteiger partial charge < -0.3 is 9.84 Å². The van der Waals surface area contributed by atoms with E-state index in [0.717, 1.165) is 0 Å². The van der Waals surface area contributed by atoms with Gasteiger partial charge in [-0.3, -0.25) is 9.53 Å². The van der Waals surface area contributed by atoms with Gasteiger partial charge in [0.05, 0.1) is 12.1 Å². The second-order valence-electron chi connectivity index (χ2n) is 7.43. The number of aliphatic imine (C=N–C) groups is 1. The van der Waals surface area contributed by atoms with Crippen LogP contribution in [0.2, 0.25) is 0 Å². The van der Waals surface area contributed by atoms with Gasteiger partial charge in [0.2, 0.25) is 0 Å². The topological polar surface area (TPSA) is 68.1 Å². The minimum Gasteiger partial charge on any atom is -0.460 e. The number of rotatable bonds is 3. The molecule has 0 bridgehead atoms. The van der Waals surface area contributed by atoms with Crippen LogP contribution in [0.4, 0.5) is 13.2 Å². The Kier molecular flexibility index (Phi) is 5.93. The number of aliphatic hydroxyl groups is 1. The molecule has 0 saturated heterocycles. The summed E-state index contributed by atoms with van der Waals surface area (Å²) < 4.78 is 51.2. The highest BCUT2D eigenvalue weighted by Crippen LogP contribution is 2.45. The van der Waals surface area contributed by atoms with Crippen molar-refractivity contribution in [3.8, 4) is 11.8 Å². The molecule has 2 rings (SSSR count). The standard InChI is InChI=1S/C20H22F3NO4/c1-14-18(26,12-10-15-8-6-5-7-9-15)28-19(24-14,20(21,22)23)13-11-16(25)27-17(2,3)4/h5-9,26H,11,13H2,1-4H3. The van der Waals surface area contributed by atoms with E-state index in [1.54, 1.807) is 51.1 Å². The second kappa shape index (κ2) is 7.57. The zero-order chi connectivity index (χ0) is 21.2. The molecule has 0 amide bonds. The molecule has 152 valence electrons. The Labute approximate surface area is 161 Å². The zero-order valence-corrected chi connectivity index (χ0v) is 16.1. The molecule has 1 aliphatic rings. The summed E-state index contributed by atoms with van der Waals surface area (Å²) in [5.74, 6) is 1.56. The number of ether oxygens (including phenoxy) is 2. The fourth-order valence-corrected chi connectivity index (χ4v) is 2.52. The van der Waals surface area contributed by atoms with Gasteiger partial charge in [-0.1, -0.05) is 24.1 Å². The molecule has 0 aliphatic carbocycles. The molecule has 5 nitrogen and oxygen atoms in total. The lowest BCUT2D eigenvalue weighted by atomic mass is 10.1. The lowest BCUT2D eigenvalue weighted by Gasteiger charge is -2.30. The highest BCUT2D eigenvalue weighted by molar-refractivity contribution is 5.93. The Balaban J connectivity index is 2.25. The minimum atomic E-state index is -4.96. The average Bonchev–Trinajstić information content (AvgIpc) is 2.83. The molecule has 1 heterocycles. The van der Waals surface area contributed by atoms with Gasteiger partial charge in [-0.2, -0.15) is 13.2 Å².